The van der Waals surface area contributed by atoms with Crippen LogP contribution >= 0.6 is 15.9 Å². The van der Waals surface area contributed by atoms with Crippen molar-refractivity contribution in [2.75, 3.05) is 5.06 Å². The average molecular weight is 313 g/mol. The Hall–Kier alpha value is -0.910. The van der Waals surface area contributed by atoms with Crippen LogP contribution in [0.5, 0.6) is 0 Å². The van der Waals surface area contributed by atoms with Crippen LogP contribution in [0, 0.1) is 0 Å². The number of hydrogen-bond donors (Lipinski definition) is 1. The molecule has 0 unspecified atom stereocenters. The molecule has 1 aliphatic rings. The second-order valence-corrected chi connectivity index (χ2v) is 5.51. The van der Waals surface area contributed by atoms with Gasteiger partial charge < -0.3 is 4.74 Å². The van der Waals surface area contributed by atoms with Crippen molar-refractivity contribution >= 4 is 21.7 Å². The predicted octanol–water partition coefficient (Wildman–Crippen LogP) is 3.16. The Morgan fingerprint density at radius 2 is 2.22 bits per heavy atom. The highest BCUT2D eigenvalue weighted by atomic mass is 79.9. The molecule has 4 nitrogen and oxygen atoms in total. The third-order valence-electron chi connectivity index (χ3n) is 2.73. The van der Waals surface area contributed by atoms with Crippen LogP contribution in [0.15, 0.2) is 35.0 Å². The maximum absolute atomic E-state index is 10.1. The lowest BCUT2D eigenvalue weighted by Gasteiger charge is -2.23. The summed E-state index contributed by atoms with van der Waals surface area (Å²) in [6.07, 6.45) is 6.62. The molecule has 1 N–H and O–H groups in total. The first-order chi connectivity index (χ1) is 8.56. The molecule has 1 aromatic rings. The van der Waals surface area contributed by atoms with Crippen molar-refractivity contribution in [1.29, 1.82) is 0 Å². The molecule has 2 atom stereocenters. The summed E-state index contributed by atoms with van der Waals surface area (Å²) in [4.78, 5) is 4.16. The Balaban J connectivity index is 1.97. The van der Waals surface area contributed by atoms with E-state index in [1.807, 2.05) is 32.1 Å². The molecule has 0 saturated carbocycles. The highest BCUT2D eigenvalue weighted by molar-refractivity contribution is 9.10. The number of pyridine rings is 1. The van der Waals surface area contributed by atoms with Crippen molar-refractivity contribution in [3.05, 3.63) is 35.0 Å². The normalized spacial score (nSPS) is 22.7. The molecule has 0 radical (unpaired) electrons. The molecule has 98 valence electrons. The topological polar surface area (TPSA) is 45.6 Å². The highest BCUT2D eigenvalue weighted by Gasteiger charge is 2.25. The second kappa shape index (κ2) is 5.82. The zero-order valence-corrected chi connectivity index (χ0v) is 12.0. The summed E-state index contributed by atoms with van der Waals surface area (Å²) in [5.41, 5.74) is 0. The Morgan fingerprint density at radius 3 is 2.83 bits per heavy atom. The van der Waals surface area contributed by atoms with Crippen LogP contribution in [0.4, 0.5) is 5.82 Å². The number of hydrogen-bond acceptors (Lipinski definition) is 4. The fraction of sp³-hybridized carbons (Fsp3) is 0.462. The van der Waals surface area contributed by atoms with E-state index in [-0.39, 0.29) is 18.2 Å². The van der Waals surface area contributed by atoms with Gasteiger partial charge in [0, 0.05) is 17.1 Å². The third-order valence-corrected chi connectivity index (χ3v) is 3.20. The largest absolute Gasteiger partial charge is 0.371 e. The lowest BCUT2D eigenvalue weighted by molar-refractivity contribution is 0.0308. The number of ether oxygens (including phenoxy) is 1. The van der Waals surface area contributed by atoms with E-state index in [1.54, 1.807) is 12.3 Å². The number of aromatic nitrogens is 1. The number of halogens is 1. The molecule has 0 bridgehead atoms. The SMILES string of the molecule is CC(C)O[C@H]1C=C[C@H](N(O)c2ccc(Br)cn2)C1. The highest BCUT2D eigenvalue weighted by Crippen LogP contribution is 2.23. The quantitative estimate of drug-likeness (QED) is 0.685. The molecule has 0 saturated heterocycles. The average Bonchev–Trinajstić information content (AvgIpc) is 2.76. The van der Waals surface area contributed by atoms with E-state index >= 15 is 0 Å². The molecule has 18 heavy (non-hydrogen) atoms. The third kappa shape index (κ3) is 3.31. The molecule has 0 amide bonds. The zero-order valence-electron chi connectivity index (χ0n) is 10.5. The fourth-order valence-corrected chi connectivity index (χ4v) is 2.19. The van der Waals surface area contributed by atoms with E-state index in [9.17, 15) is 5.21 Å². The van der Waals surface area contributed by atoms with Crippen LogP contribution in [0.1, 0.15) is 20.3 Å². The van der Waals surface area contributed by atoms with Gasteiger partial charge in [0.2, 0.25) is 0 Å². The molecule has 0 aliphatic heterocycles. The maximum Gasteiger partial charge on any atom is 0.152 e. The second-order valence-electron chi connectivity index (χ2n) is 4.59. The molecular weight excluding hydrogens is 296 g/mol. The summed E-state index contributed by atoms with van der Waals surface area (Å²) >= 11 is 3.32. The Labute approximate surface area is 115 Å². The van der Waals surface area contributed by atoms with E-state index in [1.165, 1.54) is 5.06 Å². The van der Waals surface area contributed by atoms with Gasteiger partial charge in [0.25, 0.3) is 0 Å². The lowest BCUT2D eigenvalue weighted by atomic mass is 10.2. The van der Waals surface area contributed by atoms with Gasteiger partial charge in [-0.15, -0.1) is 0 Å². The summed E-state index contributed by atoms with van der Waals surface area (Å²) in [5.74, 6) is 0.540. The molecule has 0 aromatic carbocycles. The first kappa shape index (κ1) is 13.5. The predicted molar refractivity (Wildman–Crippen MR) is 73.8 cm³/mol. The van der Waals surface area contributed by atoms with Crippen molar-refractivity contribution in [2.24, 2.45) is 0 Å². The minimum Gasteiger partial charge on any atom is -0.371 e. The van der Waals surface area contributed by atoms with Crippen LogP contribution in [0.25, 0.3) is 0 Å². The van der Waals surface area contributed by atoms with Crippen molar-refractivity contribution in [3.8, 4) is 0 Å². The summed E-state index contributed by atoms with van der Waals surface area (Å²) in [5, 5.41) is 11.3. The van der Waals surface area contributed by atoms with Crippen molar-refractivity contribution in [3.63, 3.8) is 0 Å². The van der Waals surface area contributed by atoms with Crippen molar-refractivity contribution in [1.82, 2.24) is 4.98 Å². The van der Waals surface area contributed by atoms with Crippen LogP contribution in [0.2, 0.25) is 0 Å². The number of anilines is 1. The minimum atomic E-state index is -0.0811. The summed E-state index contributed by atoms with van der Waals surface area (Å²) in [7, 11) is 0. The first-order valence-electron chi connectivity index (χ1n) is 5.99. The van der Waals surface area contributed by atoms with E-state index in [0.717, 1.165) is 10.9 Å². The van der Waals surface area contributed by atoms with Gasteiger partial charge in [-0.3, -0.25) is 5.21 Å². The van der Waals surface area contributed by atoms with Crippen LogP contribution in [-0.4, -0.2) is 28.4 Å². The fourth-order valence-electron chi connectivity index (χ4n) is 1.95. The van der Waals surface area contributed by atoms with Gasteiger partial charge in [-0.05, 0) is 41.9 Å². The molecule has 2 rings (SSSR count). The maximum atomic E-state index is 10.1. The monoisotopic (exact) mass is 312 g/mol. The van der Waals surface area contributed by atoms with E-state index in [4.69, 9.17) is 4.74 Å². The summed E-state index contributed by atoms with van der Waals surface area (Å²) < 4.78 is 6.59. The zero-order chi connectivity index (χ0) is 13.1. The van der Waals surface area contributed by atoms with E-state index < -0.39 is 0 Å². The van der Waals surface area contributed by atoms with Gasteiger partial charge in [0.05, 0.1) is 18.2 Å². The molecule has 0 spiro atoms. The van der Waals surface area contributed by atoms with Gasteiger partial charge in [0.15, 0.2) is 5.82 Å². The standard InChI is InChI=1S/C13H17BrN2O2/c1-9(2)18-12-5-4-11(7-12)16(17)13-6-3-10(14)8-15-13/h3-6,8-9,11-12,17H,7H2,1-2H3/t11-,12-/m0/s1. The van der Waals surface area contributed by atoms with Gasteiger partial charge in [-0.1, -0.05) is 12.2 Å². The number of hydroxylamine groups is 1. The van der Waals surface area contributed by atoms with Crippen molar-refractivity contribution < 1.29 is 9.94 Å². The first-order valence-corrected chi connectivity index (χ1v) is 6.79. The lowest BCUT2D eigenvalue weighted by Crippen LogP contribution is -2.31. The smallest absolute Gasteiger partial charge is 0.152 e. The van der Waals surface area contributed by atoms with Crippen LogP contribution in [-0.2, 0) is 4.74 Å². The van der Waals surface area contributed by atoms with Crippen LogP contribution < -0.4 is 5.06 Å². The number of nitrogens with zero attached hydrogens (tertiary/aromatic N) is 2. The van der Waals surface area contributed by atoms with Gasteiger partial charge in [-0.2, -0.15) is 0 Å². The Morgan fingerprint density at radius 1 is 1.44 bits per heavy atom. The van der Waals surface area contributed by atoms with E-state index in [2.05, 4.69) is 20.9 Å². The summed E-state index contributed by atoms with van der Waals surface area (Å²) in [6, 6.07) is 3.54. The molecule has 0 fully saturated rings. The minimum absolute atomic E-state index is 0.0695. The molecule has 5 heteroatoms. The summed E-state index contributed by atoms with van der Waals surface area (Å²) in [6.45, 7) is 4.02. The number of rotatable bonds is 4. The molecule has 1 aromatic heterocycles. The van der Waals surface area contributed by atoms with Crippen LogP contribution in [0.3, 0.4) is 0 Å². The van der Waals surface area contributed by atoms with Gasteiger partial charge in [0.1, 0.15) is 0 Å². The van der Waals surface area contributed by atoms with Crippen molar-refractivity contribution in [2.45, 2.75) is 38.5 Å². The molecule has 1 heterocycles. The Bertz CT molecular complexity index is 420. The van der Waals surface area contributed by atoms with E-state index in [0.29, 0.717) is 5.82 Å². The Kier molecular flexibility index (Phi) is 4.37. The molecular formula is C13H17BrN2O2. The van der Waals surface area contributed by atoms with Gasteiger partial charge in [-0.25, -0.2) is 10.0 Å². The molecule has 1 aliphatic carbocycles. The van der Waals surface area contributed by atoms with Gasteiger partial charge >= 0.3 is 0 Å².